The Labute approximate surface area is 111 Å². The molecule has 0 aromatic heterocycles. The number of nitrogens with zero attached hydrogens (tertiary/aromatic N) is 2. The van der Waals surface area contributed by atoms with E-state index >= 15 is 0 Å². The number of nitrogens with one attached hydrogen (secondary N) is 1. The SMILES string of the molecule is CCN1CCC[C@H]1CN=C(N)NCCCCOC. The number of nitrogens with two attached hydrogens (primary N) is 1. The van der Waals surface area contributed by atoms with Gasteiger partial charge in [-0.2, -0.15) is 0 Å². The molecule has 1 rings (SSSR count). The molecule has 0 radical (unpaired) electrons. The zero-order valence-corrected chi connectivity index (χ0v) is 11.8. The Kier molecular flexibility index (Phi) is 7.76. The molecule has 1 atom stereocenters. The van der Waals surface area contributed by atoms with Crippen molar-refractivity contribution in [3.8, 4) is 0 Å². The molecule has 0 spiro atoms. The van der Waals surface area contributed by atoms with E-state index in [-0.39, 0.29) is 0 Å². The minimum atomic E-state index is 0.579. The Hall–Kier alpha value is -0.810. The molecule has 1 heterocycles. The Balaban J connectivity index is 2.12. The number of methoxy groups -OCH3 is 1. The highest BCUT2D eigenvalue weighted by atomic mass is 16.5. The number of hydrogen-bond acceptors (Lipinski definition) is 3. The first-order chi connectivity index (χ1) is 8.77. The van der Waals surface area contributed by atoms with E-state index < -0.39 is 0 Å². The number of rotatable bonds is 8. The highest BCUT2D eigenvalue weighted by Gasteiger charge is 2.22. The van der Waals surface area contributed by atoms with Crippen LogP contribution in [0, 0.1) is 0 Å². The summed E-state index contributed by atoms with van der Waals surface area (Å²) in [5, 5.41) is 3.15. The van der Waals surface area contributed by atoms with Gasteiger partial charge in [0.15, 0.2) is 5.96 Å². The van der Waals surface area contributed by atoms with E-state index in [4.69, 9.17) is 10.5 Å². The third kappa shape index (κ3) is 5.69. The maximum atomic E-state index is 5.84. The zero-order chi connectivity index (χ0) is 13.2. The van der Waals surface area contributed by atoms with Crippen molar-refractivity contribution in [1.82, 2.24) is 10.2 Å². The minimum absolute atomic E-state index is 0.579. The topological polar surface area (TPSA) is 62.9 Å². The molecule has 1 fully saturated rings. The molecule has 1 saturated heterocycles. The van der Waals surface area contributed by atoms with E-state index in [2.05, 4.69) is 22.1 Å². The molecule has 3 N–H and O–H groups in total. The van der Waals surface area contributed by atoms with Crippen LogP contribution in [0.15, 0.2) is 4.99 Å². The molecule has 106 valence electrons. The largest absolute Gasteiger partial charge is 0.385 e. The maximum Gasteiger partial charge on any atom is 0.188 e. The molecule has 0 amide bonds. The fourth-order valence-corrected chi connectivity index (χ4v) is 2.37. The quantitative estimate of drug-likeness (QED) is 0.383. The molecule has 0 saturated carbocycles. The Morgan fingerprint density at radius 1 is 1.50 bits per heavy atom. The first kappa shape index (κ1) is 15.2. The van der Waals surface area contributed by atoms with Gasteiger partial charge in [0.05, 0.1) is 6.54 Å². The Morgan fingerprint density at radius 3 is 3.06 bits per heavy atom. The van der Waals surface area contributed by atoms with Crippen molar-refractivity contribution in [2.75, 3.05) is 39.9 Å². The summed E-state index contributed by atoms with van der Waals surface area (Å²) in [4.78, 5) is 6.91. The molecule has 5 heteroatoms. The molecule has 1 aliphatic heterocycles. The van der Waals surface area contributed by atoms with Crippen molar-refractivity contribution in [3.63, 3.8) is 0 Å². The Bertz CT molecular complexity index is 245. The number of likely N-dealkylation sites (tertiary alicyclic amines) is 1. The van der Waals surface area contributed by atoms with Crippen molar-refractivity contribution in [3.05, 3.63) is 0 Å². The third-order valence-corrected chi connectivity index (χ3v) is 3.46. The number of likely N-dealkylation sites (N-methyl/N-ethyl adjacent to an activating group) is 1. The number of unbranched alkanes of at least 4 members (excludes halogenated alkanes) is 1. The number of hydrogen-bond donors (Lipinski definition) is 2. The zero-order valence-electron chi connectivity index (χ0n) is 11.8. The summed E-state index contributed by atoms with van der Waals surface area (Å²) >= 11 is 0. The molecular weight excluding hydrogens is 228 g/mol. The van der Waals surface area contributed by atoms with Crippen LogP contribution < -0.4 is 11.1 Å². The highest BCUT2D eigenvalue weighted by Crippen LogP contribution is 2.16. The fourth-order valence-electron chi connectivity index (χ4n) is 2.37. The summed E-state index contributed by atoms with van der Waals surface area (Å²) in [7, 11) is 1.73. The third-order valence-electron chi connectivity index (χ3n) is 3.46. The first-order valence-corrected chi connectivity index (χ1v) is 7.04. The molecule has 1 aliphatic rings. The normalized spacial score (nSPS) is 21.4. The van der Waals surface area contributed by atoms with E-state index in [9.17, 15) is 0 Å². The second-order valence-electron chi connectivity index (χ2n) is 4.78. The van der Waals surface area contributed by atoms with Crippen molar-refractivity contribution in [2.45, 2.75) is 38.6 Å². The van der Waals surface area contributed by atoms with Crippen molar-refractivity contribution >= 4 is 5.96 Å². The fraction of sp³-hybridized carbons (Fsp3) is 0.923. The molecule has 0 aromatic carbocycles. The minimum Gasteiger partial charge on any atom is -0.385 e. The predicted octanol–water partition coefficient (Wildman–Crippen LogP) is 0.802. The summed E-state index contributed by atoms with van der Waals surface area (Å²) < 4.78 is 4.99. The molecule has 0 bridgehead atoms. The lowest BCUT2D eigenvalue weighted by molar-refractivity contribution is 0.193. The van der Waals surface area contributed by atoms with Gasteiger partial charge in [0.2, 0.25) is 0 Å². The average Bonchev–Trinajstić information content (AvgIpc) is 2.83. The molecule has 0 aromatic rings. The van der Waals surface area contributed by atoms with Crippen molar-refractivity contribution in [1.29, 1.82) is 0 Å². The smallest absolute Gasteiger partial charge is 0.188 e. The lowest BCUT2D eigenvalue weighted by Gasteiger charge is -2.20. The molecule has 5 nitrogen and oxygen atoms in total. The van der Waals surface area contributed by atoms with Crippen LogP contribution in [0.3, 0.4) is 0 Å². The van der Waals surface area contributed by atoms with Gasteiger partial charge in [-0.05, 0) is 38.8 Å². The van der Waals surface area contributed by atoms with Gasteiger partial charge in [0.25, 0.3) is 0 Å². The van der Waals surface area contributed by atoms with Crippen LogP contribution in [0.2, 0.25) is 0 Å². The van der Waals surface area contributed by atoms with Crippen LogP contribution in [0.4, 0.5) is 0 Å². The number of guanidine groups is 1. The maximum absolute atomic E-state index is 5.84. The van der Waals surface area contributed by atoms with Gasteiger partial charge in [-0.1, -0.05) is 6.92 Å². The van der Waals surface area contributed by atoms with Gasteiger partial charge in [-0.3, -0.25) is 9.89 Å². The van der Waals surface area contributed by atoms with Crippen LogP contribution in [0.5, 0.6) is 0 Å². The lowest BCUT2D eigenvalue weighted by atomic mass is 10.2. The molecule has 18 heavy (non-hydrogen) atoms. The number of aliphatic imine (C=N–C) groups is 1. The van der Waals surface area contributed by atoms with E-state index in [1.54, 1.807) is 7.11 Å². The van der Waals surface area contributed by atoms with Crippen molar-refractivity contribution < 1.29 is 4.74 Å². The van der Waals surface area contributed by atoms with Crippen LogP contribution in [0.1, 0.15) is 32.6 Å². The Morgan fingerprint density at radius 2 is 2.33 bits per heavy atom. The molecule has 0 aliphatic carbocycles. The summed E-state index contributed by atoms with van der Waals surface area (Å²) in [6.07, 6.45) is 4.66. The highest BCUT2D eigenvalue weighted by molar-refractivity contribution is 5.77. The summed E-state index contributed by atoms with van der Waals surface area (Å²) in [5.74, 6) is 0.579. The average molecular weight is 256 g/mol. The van der Waals surface area contributed by atoms with E-state index in [0.717, 1.165) is 39.1 Å². The monoisotopic (exact) mass is 256 g/mol. The molecular formula is C13H28N4O. The summed E-state index contributed by atoms with van der Waals surface area (Å²) in [6, 6.07) is 0.587. The second-order valence-corrected chi connectivity index (χ2v) is 4.78. The van der Waals surface area contributed by atoms with Gasteiger partial charge in [-0.25, -0.2) is 0 Å². The van der Waals surface area contributed by atoms with Crippen LogP contribution in [0.25, 0.3) is 0 Å². The van der Waals surface area contributed by atoms with E-state index in [1.807, 2.05) is 0 Å². The van der Waals surface area contributed by atoms with Crippen LogP contribution in [-0.4, -0.2) is 56.8 Å². The standard InChI is InChI=1S/C13H28N4O/c1-3-17-9-6-7-12(17)11-16-13(14)15-8-4-5-10-18-2/h12H,3-11H2,1-2H3,(H3,14,15,16)/t12-/m0/s1. The van der Waals surface area contributed by atoms with Crippen molar-refractivity contribution in [2.24, 2.45) is 10.7 Å². The molecule has 0 unspecified atom stereocenters. The van der Waals surface area contributed by atoms with Crippen LogP contribution in [-0.2, 0) is 4.74 Å². The lowest BCUT2D eigenvalue weighted by Crippen LogP contribution is -2.36. The van der Waals surface area contributed by atoms with Gasteiger partial charge in [0.1, 0.15) is 0 Å². The van der Waals surface area contributed by atoms with E-state index in [0.29, 0.717) is 12.0 Å². The van der Waals surface area contributed by atoms with Gasteiger partial charge in [-0.15, -0.1) is 0 Å². The summed E-state index contributed by atoms with van der Waals surface area (Å²) in [6.45, 7) is 7.04. The van der Waals surface area contributed by atoms with E-state index in [1.165, 1.54) is 19.4 Å². The van der Waals surface area contributed by atoms with Gasteiger partial charge >= 0.3 is 0 Å². The number of ether oxygens (including phenoxy) is 1. The first-order valence-electron chi connectivity index (χ1n) is 7.04. The van der Waals surface area contributed by atoms with Gasteiger partial charge in [0, 0.05) is 26.3 Å². The summed E-state index contributed by atoms with van der Waals surface area (Å²) in [5.41, 5.74) is 5.84. The van der Waals surface area contributed by atoms with Gasteiger partial charge < -0.3 is 15.8 Å². The predicted molar refractivity (Wildman–Crippen MR) is 75.9 cm³/mol. The van der Waals surface area contributed by atoms with Crippen LogP contribution >= 0.6 is 0 Å². The second kappa shape index (κ2) is 9.16.